The van der Waals surface area contributed by atoms with Crippen LogP contribution in [0.1, 0.15) is 88.2 Å². The minimum absolute atomic E-state index is 0.148. The van der Waals surface area contributed by atoms with Crippen LogP contribution in [0.3, 0.4) is 0 Å². The molecule has 0 nitrogen and oxygen atoms in total. The molecule has 2 saturated carbocycles. The van der Waals surface area contributed by atoms with Gasteiger partial charge in [-0.15, -0.1) is 0 Å². The van der Waals surface area contributed by atoms with Crippen LogP contribution in [0.4, 0.5) is 0 Å². The molecule has 1 heteroatoms. The van der Waals surface area contributed by atoms with E-state index in [2.05, 4.69) is 49.9 Å². The van der Waals surface area contributed by atoms with Gasteiger partial charge in [0.25, 0.3) is 0 Å². The van der Waals surface area contributed by atoms with Gasteiger partial charge in [0.05, 0.1) is 0 Å². The van der Waals surface area contributed by atoms with E-state index in [0.717, 1.165) is 23.7 Å². The lowest BCUT2D eigenvalue weighted by atomic mass is 9.68. The third-order valence-corrected chi connectivity index (χ3v) is 8.37. The Kier molecular flexibility index (Phi) is 8.04. The van der Waals surface area contributed by atoms with Crippen molar-refractivity contribution in [3.63, 3.8) is 0 Å². The van der Waals surface area contributed by atoms with Gasteiger partial charge in [0, 0.05) is 9.52 Å². The molecule has 0 atom stereocenters. The van der Waals surface area contributed by atoms with Gasteiger partial charge in [-0.1, -0.05) is 61.4 Å². The van der Waals surface area contributed by atoms with Crippen molar-refractivity contribution in [2.24, 2.45) is 17.8 Å². The zero-order valence-electron chi connectivity index (χ0n) is 17.3. The Morgan fingerprint density at radius 3 is 2.08 bits per heavy atom. The van der Waals surface area contributed by atoms with E-state index in [0.29, 0.717) is 0 Å². The summed E-state index contributed by atoms with van der Waals surface area (Å²) < 4.78 is 0. The second kappa shape index (κ2) is 10.5. The molecule has 0 aliphatic heterocycles. The molecule has 0 aromatic heterocycles. The highest BCUT2D eigenvalue weighted by molar-refractivity contribution is 6.32. The van der Waals surface area contributed by atoms with E-state index in [4.69, 9.17) is 0 Å². The molecule has 1 aromatic carbocycles. The maximum atomic E-state index is 2.44. The van der Waals surface area contributed by atoms with Crippen LogP contribution in [0, 0.1) is 17.8 Å². The number of benzene rings is 1. The van der Waals surface area contributed by atoms with Crippen molar-refractivity contribution in [3.8, 4) is 0 Å². The van der Waals surface area contributed by atoms with Gasteiger partial charge in [0.1, 0.15) is 0 Å². The number of hydrogen-bond donors (Lipinski definition) is 0. The summed E-state index contributed by atoms with van der Waals surface area (Å²) in [5.41, 5.74) is 3.19. The first-order valence-corrected chi connectivity index (χ1v) is 13.9. The fourth-order valence-corrected chi connectivity index (χ4v) is 6.53. The molecule has 0 spiro atoms. The van der Waals surface area contributed by atoms with Crippen molar-refractivity contribution < 1.29 is 0 Å². The Morgan fingerprint density at radius 1 is 0.885 bits per heavy atom. The number of rotatable bonds is 7. The Bertz CT molecular complexity index is 528. The summed E-state index contributed by atoms with van der Waals surface area (Å²) in [5.74, 6) is 3.94. The van der Waals surface area contributed by atoms with Crippen LogP contribution in [0.15, 0.2) is 36.4 Å². The van der Waals surface area contributed by atoms with Crippen LogP contribution in [0.25, 0.3) is 0 Å². The average molecular weight is 369 g/mol. The molecule has 26 heavy (non-hydrogen) atoms. The lowest BCUT2D eigenvalue weighted by molar-refractivity contribution is 0.157. The van der Waals surface area contributed by atoms with E-state index < -0.39 is 0 Å². The quantitative estimate of drug-likeness (QED) is 0.365. The van der Waals surface area contributed by atoms with Gasteiger partial charge < -0.3 is 0 Å². The summed E-state index contributed by atoms with van der Waals surface area (Å²) in [7, 11) is 0.148. The van der Waals surface area contributed by atoms with Gasteiger partial charge in [-0.25, -0.2) is 0 Å². The second-order valence-corrected chi connectivity index (χ2v) is 10.5. The molecule has 1 aromatic rings. The van der Waals surface area contributed by atoms with Crippen molar-refractivity contribution in [1.29, 1.82) is 0 Å². The first-order chi connectivity index (χ1) is 12.8. The molecular formula is C25H40Si. The topological polar surface area (TPSA) is 0 Å². The molecule has 3 rings (SSSR count). The smallest absolute Gasteiger partial charge is 0.0217 e. The van der Waals surface area contributed by atoms with Crippen LogP contribution in [0.5, 0.6) is 0 Å². The van der Waals surface area contributed by atoms with Crippen LogP contribution in [-0.2, 0) is 6.04 Å². The van der Waals surface area contributed by atoms with Gasteiger partial charge in [0.2, 0.25) is 0 Å². The fraction of sp³-hybridized carbons (Fsp3) is 0.680. The molecule has 2 aliphatic rings. The first-order valence-electron chi connectivity index (χ1n) is 11.5. The van der Waals surface area contributed by atoms with E-state index in [1.54, 1.807) is 11.1 Å². The van der Waals surface area contributed by atoms with Crippen LogP contribution >= 0.6 is 0 Å². The summed E-state index contributed by atoms with van der Waals surface area (Å²) in [6, 6.07) is 11.1. The summed E-state index contributed by atoms with van der Waals surface area (Å²) in [6.45, 7) is 4.55. The maximum absolute atomic E-state index is 2.44. The van der Waals surface area contributed by atoms with E-state index in [1.165, 1.54) is 70.3 Å². The Balaban J connectivity index is 1.41. The molecule has 0 bridgehead atoms. The zero-order chi connectivity index (χ0) is 18.2. The molecule has 2 aliphatic carbocycles. The van der Waals surface area contributed by atoms with Gasteiger partial charge in [-0.2, -0.15) is 0 Å². The van der Waals surface area contributed by atoms with Crippen LogP contribution < -0.4 is 0 Å². The van der Waals surface area contributed by atoms with Crippen molar-refractivity contribution in [2.45, 2.75) is 89.6 Å². The minimum Gasteiger partial charge on any atom is -0.0917 e. The van der Waals surface area contributed by atoms with E-state index in [1.807, 2.05) is 0 Å². The van der Waals surface area contributed by atoms with Crippen LogP contribution in [-0.4, -0.2) is 9.52 Å². The predicted molar refractivity (Wildman–Crippen MR) is 119 cm³/mol. The third kappa shape index (κ3) is 5.59. The molecular weight excluding hydrogens is 328 g/mol. The average Bonchev–Trinajstić information content (AvgIpc) is 2.70. The third-order valence-electron chi connectivity index (χ3n) is 7.30. The Morgan fingerprint density at radius 2 is 1.50 bits per heavy atom. The molecule has 0 amide bonds. The van der Waals surface area contributed by atoms with Gasteiger partial charge in [-0.05, 0) is 93.6 Å². The summed E-state index contributed by atoms with van der Waals surface area (Å²) in [6.07, 6.45) is 19.2. The highest BCUT2D eigenvalue weighted by Crippen LogP contribution is 2.44. The van der Waals surface area contributed by atoms with Gasteiger partial charge >= 0.3 is 0 Å². The summed E-state index contributed by atoms with van der Waals surface area (Å²) in [4.78, 5) is 0. The Labute approximate surface area is 164 Å². The normalized spacial score (nSPS) is 30.4. The molecule has 0 unspecified atom stereocenters. The number of allylic oxidation sites excluding steroid dienone is 2. The lowest BCUT2D eigenvalue weighted by Crippen LogP contribution is -2.25. The molecule has 0 N–H and O–H groups in total. The minimum atomic E-state index is 0.148. The number of hydrogen-bond acceptors (Lipinski definition) is 0. The molecule has 144 valence electrons. The molecule has 0 saturated heterocycles. The fourth-order valence-electron chi connectivity index (χ4n) is 5.62. The van der Waals surface area contributed by atoms with Crippen molar-refractivity contribution in [3.05, 3.63) is 47.5 Å². The van der Waals surface area contributed by atoms with Crippen molar-refractivity contribution in [1.82, 2.24) is 0 Å². The molecule has 0 radical (unpaired) electrons. The monoisotopic (exact) mass is 368 g/mol. The van der Waals surface area contributed by atoms with Crippen LogP contribution in [0.2, 0.25) is 6.55 Å². The Hall–Kier alpha value is -0.823. The highest BCUT2D eigenvalue weighted by atomic mass is 28.2. The van der Waals surface area contributed by atoms with E-state index in [9.17, 15) is 0 Å². The largest absolute Gasteiger partial charge is 0.0917 e. The predicted octanol–water partition coefficient (Wildman–Crippen LogP) is 6.84. The zero-order valence-corrected chi connectivity index (χ0v) is 18.7. The second-order valence-electron chi connectivity index (χ2n) is 9.03. The molecule has 0 heterocycles. The van der Waals surface area contributed by atoms with E-state index in [-0.39, 0.29) is 9.52 Å². The molecule has 2 fully saturated rings. The summed E-state index contributed by atoms with van der Waals surface area (Å²) >= 11 is 0. The lowest BCUT2D eigenvalue weighted by Gasteiger charge is -2.38. The summed E-state index contributed by atoms with van der Waals surface area (Å²) in [5, 5.41) is 0. The SMILES string of the molecule is C/C=C/CCC1CCC(C2CCC(c3ccc(C[SiH2]C)cc3)CC2)CC1. The van der Waals surface area contributed by atoms with Crippen molar-refractivity contribution >= 4 is 9.52 Å². The van der Waals surface area contributed by atoms with Gasteiger partial charge in [0.15, 0.2) is 0 Å². The standard InChI is InChI=1S/C25H40Si/c1-3-4-5-6-20-7-11-22(12-8-20)24-15-17-25(18-16-24)23-13-9-21(10-14-23)19-26-2/h3-4,9-10,13-14,20,22,24-25H,5-8,11-12,15-19,26H2,1-2H3/b4-3+. The van der Waals surface area contributed by atoms with Crippen molar-refractivity contribution in [2.75, 3.05) is 0 Å². The first kappa shape index (κ1) is 19.9. The highest BCUT2D eigenvalue weighted by Gasteiger charge is 2.31. The van der Waals surface area contributed by atoms with E-state index >= 15 is 0 Å². The van der Waals surface area contributed by atoms with Gasteiger partial charge in [-0.3, -0.25) is 0 Å². The maximum Gasteiger partial charge on any atom is 0.0217 e.